The van der Waals surface area contributed by atoms with Gasteiger partial charge in [0, 0.05) is 16.9 Å². The molecule has 0 atom stereocenters. The SMILES string of the molecule is c1ccc(-c2ccc(-c3ccc(N(c4ccc(-c5cccc(-c6cccc7ccccc67)c5)cc4)c4cccc5c4-c4ccccc4C5(c4ccccc4)c4ccccc4)cc3)cc2)cc1. The van der Waals surface area contributed by atoms with Crippen LogP contribution in [-0.2, 0) is 5.41 Å². The standard InChI is InChI=1S/C65H45N/c1-4-17-46(18-5-1)47-33-35-48(36-34-47)49-37-41-56(42-38-49)66(57-43-39-50(40-44-57)52-21-14-22-53(45-52)59-29-15-20-51-19-10-11-27-58(51)59)63-32-16-31-62-64(63)60-28-12-13-30-61(60)65(62,54-23-6-2-7-24-54)55-25-8-3-9-26-55/h1-45H. The van der Waals surface area contributed by atoms with Crippen molar-refractivity contribution < 1.29 is 0 Å². The Morgan fingerprint density at radius 2 is 0.697 bits per heavy atom. The Hall–Kier alpha value is -8.52. The minimum Gasteiger partial charge on any atom is -0.310 e. The van der Waals surface area contributed by atoms with Crippen LogP contribution >= 0.6 is 0 Å². The second kappa shape index (κ2) is 16.6. The van der Waals surface area contributed by atoms with Gasteiger partial charge in [-0.05, 0) is 119 Å². The minimum absolute atomic E-state index is 0.509. The lowest BCUT2D eigenvalue weighted by molar-refractivity contribution is 0.768. The molecule has 0 aliphatic heterocycles. The number of hydrogen-bond donors (Lipinski definition) is 0. The number of hydrogen-bond acceptors (Lipinski definition) is 1. The molecule has 11 aromatic carbocycles. The Balaban J connectivity index is 1.00. The summed E-state index contributed by atoms with van der Waals surface area (Å²) in [5.41, 5.74) is 20.0. The van der Waals surface area contributed by atoms with Crippen molar-refractivity contribution in [1.82, 2.24) is 0 Å². The molecule has 0 spiro atoms. The van der Waals surface area contributed by atoms with Crippen LogP contribution in [0.25, 0.3) is 66.4 Å². The van der Waals surface area contributed by atoms with Crippen LogP contribution in [-0.4, -0.2) is 0 Å². The largest absolute Gasteiger partial charge is 0.310 e. The van der Waals surface area contributed by atoms with Crippen molar-refractivity contribution in [3.8, 4) is 55.6 Å². The molecule has 1 nitrogen and oxygen atoms in total. The van der Waals surface area contributed by atoms with Crippen molar-refractivity contribution >= 4 is 27.8 Å². The number of rotatable bonds is 9. The van der Waals surface area contributed by atoms with Gasteiger partial charge in [0.2, 0.25) is 0 Å². The van der Waals surface area contributed by atoms with Crippen LogP contribution in [0.5, 0.6) is 0 Å². The normalized spacial score (nSPS) is 12.4. The molecule has 0 bridgehead atoms. The fraction of sp³-hybridized carbons (Fsp3) is 0.0154. The Morgan fingerprint density at radius 1 is 0.273 bits per heavy atom. The van der Waals surface area contributed by atoms with E-state index in [1.54, 1.807) is 0 Å². The third-order valence-electron chi connectivity index (χ3n) is 13.6. The molecule has 1 heteroatoms. The molecule has 0 saturated heterocycles. The maximum atomic E-state index is 2.46. The van der Waals surface area contributed by atoms with E-state index >= 15 is 0 Å². The summed E-state index contributed by atoms with van der Waals surface area (Å²) in [5.74, 6) is 0. The number of fused-ring (bicyclic) bond motifs is 4. The Bertz CT molecular complexity index is 3440. The maximum Gasteiger partial charge on any atom is 0.0714 e. The molecule has 11 aromatic rings. The molecule has 0 fully saturated rings. The van der Waals surface area contributed by atoms with E-state index in [-0.39, 0.29) is 0 Å². The summed E-state index contributed by atoms with van der Waals surface area (Å²) in [6, 6.07) is 100.0. The summed E-state index contributed by atoms with van der Waals surface area (Å²) in [6.45, 7) is 0. The molecule has 0 heterocycles. The molecule has 310 valence electrons. The monoisotopic (exact) mass is 839 g/mol. The second-order valence-corrected chi connectivity index (χ2v) is 17.2. The Morgan fingerprint density at radius 3 is 1.35 bits per heavy atom. The molecule has 0 radical (unpaired) electrons. The summed E-state index contributed by atoms with van der Waals surface area (Å²) in [7, 11) is 0. The first-order valence-electron chi connectivity index (χ1n) is 22.8. The lowest BCUT2D eigenvalue weighted by Gasteiger charge is -2.34. The van der Waals surface area contributed by atoms with Crippen LogP contribution in [0.2, 0.25) is 0 Å². The lowest BCUT2D eigenvalue weighted by Crippen LogP contribution is -2.28. The van der Waals surface area contributed by atoms with Gasteiger partial charge in [-0.2, -0.15) is 0 Å². The summed E-state index contributed by atoms with van der Waals surface area (Å²) in [5, 5.41) is 2.51. The number of anilines is 3. The van der Waals surface area contributed by atoms with Gasteiger partial charge in [0.25, 0.3) is 0 Å². The van der Waals surface area contributed by atoms with E-state index in [0.29, 0.717) is 0 Å². The molecule has 0 saturated carbocycles. The minimum atomic E-state index is -0.509. The first-order valence-corrected chi connectivity index (χ1v) is 22.8. The first-order chi connectivity index (χ1) is 32.7. The Kier molecular flexibility index (Phi) is 9.81. The molecule has 1 aliphatic carbocycles. The van der Waals surface area contributed by atoms with E-state index in [9.17, 15) is 0 Å². The van der Waals surface area contributed by atoms with E-state index < -0.39 is 5.41 Å². The quantitative estimate of drug-likeness (QED) is 0.140. The van der Waals surface area contributed by atoms with Gasteiger partial charge in [-0.15, -0.1) is 0 Å². The zero-order valence-electron chi connectivity index (χ0n) is 36.4. The Labute approximate surface area is 387 Å². The van der Waals surface area contributed by atoms with Gasteiger partial charge in [-0.3, -0.25) is 0 Å². The summed E-state index contributed by atoms with van der Waals surface area (Å²) < 4.78 is 0. The van der Waals surface area contributed by atoms with Crippen molar-refractivity contribution in [3.05, 3.63) is 295 Å². The van der Waals surface area contributed by atoms with Gasteiger partial charge in [0.15, 0.2) is 0 Å². The molecule has 0 unspecified atom stereocenters. The van der Waals surface area contributed by atoms with Gasteiger partial charge in [-0.1, -0.05) is 237 Å². The third-order valence-corrected chi connectivity index (χ3v) is 13.6. The summed E-state index contributed by atoms with van der Waals surface area (Å²) in [4.78, 5) is 2.46. The predicted octanol–water partition coefficient (Wildman–Crippen LogP) is 17.3. The third kappa shape index (κ3) is 6.64. The van der Waals surface area contributed by atoms with E-state index in [0.717, 1.165) is 17.1 Å². The predicted molar refractivity (Wildman–Crippen MR) is 278 cm³/mol. The molecular weight excluding hydrogens is 795 g/mol. The van der Waals surface area contributed by atoms with E-state index in [1.807, 2.05) is 0 Å². The smallest absolute Gasteiger partial charge is 0.0714 e. The highest BCUT2D eigenvalue weighted by atomic mass is 15.1. The van der Waals surface area contributed by atoms with E-state index in [2.05, 4.69) is 278 Å². The zero-order valence-corrected chi connectivity index (χ0v) is 36.4. The number of nitrogens with zero attached hydrogens (tertiary/aromatic N) is 1. The molecule has 66 heavy (non-hydrogen) atoms. The van der Waals surface area contributed by atoms with Crippen LogP contribution in [0.1, 0.15) is 22.3 Å². The summed E-state index contributed by atoms with van der Waals surface area (Å²) >= 11 is 0. The van der Waals surface area contributed by atoms with E-state index in [4.69, 9.17) is 0 Å². The van der Waals surface area contributed by atoms with Crippen LogP contribution in [0, 0.1) is 0 Å². The van der Waals surface area contributed by atoms with Crippen molar-refractivity contribution in [3.63, 3.8) is 0 Å². The second-order valence-electron chi connectivity index (χ2n) is 17.2. The van der Waals surface area contributed by atoms with Crippen molar-refractivity contribution in [2.24, 2.45) is 0 Å². The molecule has 1 aliphatic rings. The number of benzene rings is 11. The first kappa shape index (κ1) is 39.1. The van der Waals surface area contributed by atoms with E-state index in [1.165, 1.54) is 88.7 Å². The molecule has 0 N–H and O–H groups in total. The van der Waals surface area contributed by atoms with Crippen molar-refractivity contribution in [2.75, 3.05) is 4.90 Å². The molecular formula is C65H45N. The van der Waals surface area contributed by atoms with Crippen LogP contribution < -0.4 is 4.90 Å². The molecule has 12 rings (SSSR count). The van der Waals surface area contributed by atoms with Gasteiger partial charge in [-0.25, -0.2) is 0 Å². The van der Waals surface area contributed by atoms with Crippen LogP contribution in [0.4, 0.5) is 17.1 Å². The fourth-order valence-corrected chi connectivity index (χ4v) is 10.5. The lowest BCUT2D eigenvalue weighted by atomic mass is 9.68. The van der Waals surface area contributed by atoms with Crippen LogP contribution in [0.3, 0.4) is 0 Å². The topological polar surface area (TPSA) is 3.24 Å². The highest BCUT2D eigenvalue weighted by Crippen LogP contribution is 2.59. The maximum absolute atomic E-state index is 2.46. The zero-order chi connectivity index (χ0) is 43.9. The average molecular weight is 840 g/mol. The highest BCUT2D eigenvalue weighted by Gasteiger charge is 2.47. The fourth-order valence-electron chi connectivity index (χ4n) is 10.5. The van der Waals surface area contributed by atoms with Gasteiger partial charge >= 0.3 is 0 Å². The molecule has 0 amide bonds. The highest BCUT2D eigenvalue weighted by molar-refractivity contribution is 5.99. The summed E-state index contributed by atoms with van der Waals surface area (Å²) in [6.07, 6.45) is 0. The van der Waals surface area contributed by atoms with Gasteiger partial charge in [0.05, 0.1) is 11.1 Å². The molecule has 0 aromatic heterocycles. The van der Waals surface area contributed by atoms with Gasteiger partial charge in [0.1, 0.15) is 0 Å². The van der Waals surface area contributed by atoms with Crippen molar-refractivity contribution in [1.29, 1.82) is 0 Å². The van der Waals surface area contributed by atoms with Crippen LogP contribution in [0.15, 0.2) is 273 Å². The average Bonchev–Trinajstić information content (AvgIpc) is 3.71. The van der Waals surface area contributed by atoms with Crippen molar-refractivity contribution in [2.45, 2.75) is 5.41 Å². The van der Waals surface area contributed by atoms with Gasteiger partial charge < -0.3 is 4.90 Å².